The van der Waals surface area contributed by atoms with Crippen LogP contribution in [-0.4, -0.2) is 60.0 Å². The molecule has 0 amide bonds. The van der Waals surface area contributed by atoms with Gasteiger partial charge in [-0.15, -0.1) is 24.0 Å². The second-order valence-electron chi connectivity index (χ2n) is 7.54. The molecule has 3 rings (SSSR count). The Bertz CT molecular complexity index is 764. The third-order valence-electron chi connectivity index (χ3n) is 5.09. The molecule has 1 aromatic carbocycles. The van der Waals surface area contributed by atoms with Crippen molar-refractivity contribution in [1.29, 1.82) is 0 Å². The summed E-state index contributed by atoms with van der Waals surface area (Å²) >= 11 is 0. The van der Waals surface area contributed by atoms with Gasteiger partial charge in [0.05, 0.1) is 19.3 Å². The molecular formula is C21H33IN6O. The maximum Gasteiger partial charge on any atom is 0.193 e. The Hall–Kier alpha value is -1.81. The van der Waals surface area contributed by atoms with Crippen LogP contribution in [0.1, 0.15) is 25.5 Å². The molecule has 2 unspecified atom stereocenters. The minimum Gasteiger partial charge on any atom is -0.380 e. The third-order valence-corrected chi connectivity index (χ3v) is 5.09. The van der Waals surface area contributed by atoms with Crippen molar-refractivity contribution < 1.29 is 4.74 Å². The summed E-state index contributed by atoms with van der Waals surface area (Å²) in [4.78, 5) is 6.78. The van der Waals surface area contributed by atoms with Crippen molar-refractivity contribution in [3.05, 3.63) is 48.3 Å². The number of anilines is 1. The van der Waals surface area contributed by atoms with Gasteiger partial charge in [-0.3, -0.25) is 9.67 Å². The highest BCUT2D eigenvalue weighted by atomic mass is 127. The molecular weight excluding hydrogens is 479 g/mol. The van der Waals surface area contributed by atoms with Gasteiger partial charge >= 0.3 is 0 Å². The van der Waals surface area contributed by atoms with E-state index in [1.807, 2.05) is 37.2 Å². The first-order valence-electron chi connectivity index (χ1n) is 9.94. The van der Waals surface area contributed by atoms with Crippen LogP contribution in [-0.2, 0) is 11.8 Å². The average Bonchev–Trinajstić information content (AvgIpc) is 3.15. The number of guanidine groups is 1. The maximum atomic E-state index is 5.95. The average molecular weight is 512 g/mol. The highest BCUT2D eigenvalue weighted by molar-refractivity contribution is 14.0. The van der Waals surface area contributed by atoms with Gasteiger partial charge < -0.3 is 20.3 Å². The summed E-state index contributed by atoms with van der Waals surface area (Å²) in [6, 6.07) is 10.6. The van der Waals surface area contributed by atoms with Crippen LogP contribution in [0, 0.1) is 5.92 Å². The highest BCUT2D eigenvalue weighted by Crippen LogP contribution is 2.21. The van der Waals surface area contributed by atoms with Crippen LogP contribution in [0.25, 0.3) is 0 Å². The molecule has 2 aromatic rings. The molecule has 1 saturated heterocycles. The van der Waals surface area contributed by atoms with Crippen LogP contribution in [0.2, 0.25) is 0 Å². The first-order chi connectivity index (χ1) is 13.6. The number of benzene rings is 1. The standard InChI is InChI=1S/C21H32N6O.HI/c1-16(2)19(25-18-8-6-5-7-9-18)13-23-21(22-3)27-10-11-28-20(15-27)17-12-24-26(4)14-17;/h5-9,12,14,16,19-20,25H,10-11,13,15H2,1-4H3,(H,22,23);1H. The molecule has 1 fully saturated rings. The summed E-state index contributed by atoms with van der Waals surface area (Å²) in [5, 5.41) is 11.4. The van der Waals surface area contributed by atoms with E-state index in [1.165, 1.54) is 0 Å². The van der Waals surface area contributed by atoms with Gasteiger partial charge in [-0.05, 0) is 18.1 Å². The summed E-state index contributed by atoms with van der Waals surface area (Å²) < 4.78 is 7.77. The zero-order chi connectivity index (χ0) is 19.9. The lowest BCUT2D eigenvalue weighted by atomic mass is 10.0. The van der Waals surface area contributed by atoms with E-state index in [9.17, 15) is 0 Å². The summed E-state index contributed by atoms with van der Waals surface area (Å²) in [7, 11) is 3.77. The maximum absolute atomic E-state index is 5.95. The second-order valence-corrected chi connectivity index (χ2v) is 7.54. The fourth-order valence-corrected chi connectivity index (χ4v) is 3.39. The van der Waals surface area contributed by atoms with E-state index >= 15 is 0 Å². The topological polar surface area (TPSA) is 66.7 Å². The number of aliphatic imine (C=N–C) groups is 1. The Kier molecular flexibility index (Phi) is 9.22. The van der Waals surface area contributed by atoms with Crippen LogP contribution in [0.5, 0.6) is 0 Å². The summed E-state index contributed by atoms with van der Waals surface area (Å²) in [6.07, 6.45) is 3.91. The van der Waals surface area contributed by atoms with Gasteiger partial charge in [-0.25, -0.2) is 0 Å². The molecule has 0 aliphatic carbocycles. The van der Waals surface area contributed by atoms with Gasteiger partial charge in [-0.2, -0.15) is 5.10 Å². The molecule has 29 heavy (non-hydrogen) atoms. The van der Waals surface area contributed by atoms with Crippen LogP contribution in [0.15, 0.2) is 47.7 Å². The highest BCUT2D eigenvalue weighted by Gasteiger charge is 2.25. The first kappa shape index (κ1) is 23.5. The number of rotatable bonds is 6. The van der Waals surface area contributed by atoms with Crippen molar-refractivity contribution in [2.45, 2.75) is 26.0 Å². The minimum atomic E-state index is 0. The van der Waals surface area contributed by atoms with Crippen LogP contribution in [0.4, 0.5) is 5.69 Å². The number of hydrogen-bond acceptors (Lipinski definition) is 4. The minimum absolute atomic E-state index is 0. The van der Waals surface area contributed by atoms with Gasteiger partial charge in [0.2, 0.25) is 0 Å². The normalized spacial score (nSPS) is 18.3. The number of ether oxygens (including phenoxy) is 1. The van der Waals surface area contributed by atoms with Gasteiger partial charge in [-0.1, -0.05) is 32.0 Å². The van der Waals surface area contributed by atoms with E-state index in [-0.39, 0.29) is 30.1 Å². The van der Waals surface area contributed by atoms with E-state index in [0.29, 0.717) is 18.6 Å². The monoisotopic (exact) mass is 512 g/mol. The zero-order valence-corrected chi connectivity index (χ0v) is 20.0. The summed E-state index contributed by atoms with van der Waals surface area (Å²) in [5.74, 6) is 1.40. The molecule has 0 radical (unpaired) electrons. The Morgan fingerprint density at radius 3 is 2.69 bits per heavy atom. The van der Waals surface area contributed by atoms with Crippen molar-refractivity contribution in [2.75, 3.05) is 38.6 Å². The molecule has 2 heterocycles. The van der Waals surface area contributed by atoms with E-state index in [4.69, 9.17) is 4.74 Å². The predicted octanol–water partition coefficient (Wildman–Crippen LogP) is 3.12. The first-order valence-corrected chi connectivity index (χ1v) is 9.94. The van der Waals surface area contributed by atoms with Crippen molar-refractivity contribution >= 4 is 35.6 Å². The lowest BCUT2D eigenvalue weighted by Crippen LogP contribution is -2.50. The lowest BCUT2D eigenvalue weighted by Gasteiger charge is -2.35. The van der Waals surface area contributed by atoms with Crippen molar-refractivity contribution in [2.24, 2.45) is 18.0 Å². The zero-order valence-electron chi connectivity index (χ0n) is 17.7. The number of halogens is 1. The Morgan fingerprint density at radius 2 is 2.07 bits per heavy atom. The van der Waals surface area contributed by atoms with Crippen LogP contribution < -0.4 is 10.6 Å². The van der Waals surface area contributed by atoms with E-state index in [2.05, 4.69) is 63.7 Å². The number of aryl methyl sites for hydroxylation is 1. The largest absolute Gasteiger partial charge is 0.380 e. The number of nitrogens with one attached hydrogen (secondary N) is 2. The Labute approximate surface area is 190 Å². The predicted molar refractivity (Wildman–Crippen MR) is 129 cm³/mol. The number of morpholine rings is 1. The smallest absolute Gasteiger partial charge is 0.193 e. The molecule has 0 spiro atoms. The molecule has 2 N–H and O–H groups in total. The number of para-hydroxylation sites is 1. The lowest BCUT2D eigenvalue weighted by molar-refractivity contribution is -0.00804. The van der Waals surface area contributed by atoms with Gasteiger partial charge in [0.1, 0.15) is 6.10 Å². The number of nitrogens with zero attached hydrogens (tertiary/aromatic N) is 4. The van der Waals surface area contributed by atoms with Gasteiger partial charge in [0, 0.05) is 50.7 Å². The van der Waals surface area contributed by atoms with Crippen molar-refractivity contribution in [3.8, 4) is 0 Å². The molecule has 8 heteroatoms. The van der Waals surface area contributed by atoms with Crippen molar-refractivity contribution in [3.63, 3.8) is 0 Å². The summed E-state index contributed by atoms with van der Waals surface area (Å²) in [5.41, 5.74) is 2.24. The van der Waals surface area contributed by atoms with Crippen LogP contribution in [0.3, 0.4) is 0 Å². The van der Waals surface area contributed by atoms with Gasteiger partial charge in [0.15, 0.2) is 5.96 Å². The molecule has 0 bridgehead atoms. The third kappa shape index (κ3) is 6.60. The molecule has 7 nitrogen and oxygen atoms in total. The fraction of sp³-hybridized carbons (Fsp3) is 0.524. The fourth-order valence-electron chi connectivity index (χ4n) is 3.39. The number of aromatic nitrogens is 2. The number of hydrogen-bond donors (Lipinski definition) is 2. The SMILES string of the molecule is CN=C(NCC(Nc1ccccc1)C(C)C)N1CCOC(c2cnn(C)c2)C1.I. The van der Waals surface area contributed by atoms with Gasteiger partial charge in [0.25, 0.3) is 0 Å². The van der Waals surface area contributed by atoms with E-state index in [0.717, 1.165) is 36.8 Å². The van der Waals surface area contributed by atoms with E-state index < -0.39 is 0 Å². The quantitative estimate of drug-likeness (QED) is 0.354. The Balaban J connectivity index is 0.00000300. The Morgan fingerprint density at radius 1 is 1.31 bits per heavy atom. The molecule has 2 atom stereocenters. The van der Waals surface area contributed by atoms with Crippen LogP contribution >= 0.6 is 24.0 Å². The second kappa shape index (κ2) is 11.4. The van der Waals surface area contributed by atoms with Crippen molar-refractivity contribution in [1.82, 2.24) is 20.0 Å². The summed E-state index contributed by atoms with van der Waals surface area (Å²) in [6.45, 7) is 7.54. The molecule has 1 aromatic heterocycles. The molecule has 0 saturated carbocycles. The molecule has 1 aliphatic heterocycles. The molecule has 1 aliphatic rings. The molecule has 160 valence electrons. The van der Waals surface area contributed by atoms with E-state index in [1.54, 1.807) is 0 Å².